The van der Waals surface area contributed by atoms with E-state index in [1.165, 1.54) is 22.3 Å². The SMILES string of the molecule is COc1cc(C)c(CNC(CO)C(C)C)c(C)c1C. The molecule has 0 spiro atoms. The lowest BCUT2D eigenvalue weighted by Gasteiger charge is -2.22. The van der Waals surface area contributed by atoms with Gasteiger partial charge in [0.2, 0.25) is 0 Å². The summed E-state index contributed by atoms with van der Waals surface area (Å²) >= 11 is 0. The fourth-order valence-electron chi connectivity index (χ4n) is 2.33. The van der Waals surface area contributed by atoms with Crippen molar-refractivity contribution < 1.29 is 9.84 Å². The van der Waals surface area contributed by atoms with E-state index >= 15 is 0 Å². The molecule has 3 nitrogen and oxygen atoms in total. The Hall–Kier alpha value is -1.06. The monoisotopic (exact) mass is 265 g/mol. The van der Waals surface area contributed by atoms with Crippen LogP contribution in [0.5, 0.6) is 5.75 Å². The van der Waals surface area contributed by atoms with Crippen LogP contribution >= 0.6 is 0 Å². The molecule has 0 aromatic heterocycles. The maximum Gasteiger partial charge on any atom is 0.122 e. The highest BCUT2D eigenvalue weighted by Gasteiger charge is 2.14. The van der Waals surface area contributed by atoms with Crippen LogP contribution in [0.1, 0.15) is 36.1 Å². The zero-order valence-electron chi connectivity index (χ0n) is 13.0. The third-order valence-corrected chi connectivity index (χ3v) is 3.97. The summed E-state index contributed by atoms with van der Waals surface area (Å²) in [5, 5.41) is 12.8. The van der Waals surface area contributed by atoms with Crippen LogP contribution in [0.2, 0.25) is 0 Å². The zero-order chi connectivity index (χ0) is 14.6. The molecule has 0 amide bonds. The molecule has 0 heterocycles. The normalized spacial score (nSPS) is 12.8. The van der Waals surface area contributed by atoms with Crippen LogP contribution in [0.25, 0.3) is 0 Å². The Morgan fingerprint density at radius 3 is 2.32 bits per heavy atom. The van der Waals surface area contributed by atoms with Gasteiger partial charge in [-0.2, -0.15) is 0 Å². The van der Waals surface area contributed by atoms with E-state index in [0.29, 0.717) is 5.92 Å². The molecule has 2 N–H and O–H groups in total. The van der Waals surface area contributed by atoms with Gasteiger partial charge in [0, 0.05) is 12.6 Å². The average Bonchev–Trinajstić information content (AvgIpc) is 2.37. The van der Waals surface area contributed by atoms with Gasteiger partial charge in [0.1, 0.15) is 5.75 Å². The maximum absolute atomic E-state index is 9.37. The highest BCUT2D eigenvalue weighted by Crippen LogP contribution is 2.27. The Morgan fingerprint density at radius 2 is 1.84 bits per heavy atom. The minimum Gasteiger partial charge on any atom is -0.496 e. The van der Waals surface area contributed by atoms with Crippen molar-refractivity contribution in [2.24, 2.45) is 5.92 Å². The number of hydrogen-bond acceptors (Lipinski definition) is 3. The number of hydrogen-bond donors (Lipinski definition) is 2. The second-order valence-corrected chi connectivity index (χ2v) is 5.54. The summed E-state index contributed by atoms with van der Waals surface area (Å²) in [6, 6.07) is 2.23. The van der Waals surface area contributed by atoms with Gasteiger partial charge >= 0.3 is 0 Å². The molecule has 1 aromatic rings. The second-order valence-electron chi connectivity index (χ2n) is 5.54. The Labute approximate surface area is 117 Å². The predicted octanol–water partition coefficient (Wildman–Crippen LogP) is 2.73. The van der Waals surface area contributed by atoms with E-state index in [-0.39, 0.29) is 12.6 Å². The number of aliphatic hydroxyl groups excluding tert-OH is 1. The summed E-state index contributed by atoms with van der Waals surface area (Å²) in [4.78, 5) is 0. The van der Waals surface area contributed by atoms with Gasteiger partial charge in [-0.1, -0.05) is 13.8 Å². The molecule has 1 unspecified atom stereocenters. The van der Waals surface area contributed by atoms with E-state index in [4.69, 9.17) is 4.74 Å². The number of rotatable bonds is 6. The molecule has 3 heteroatoms. The molecule has 0 aliphatic carbocycles. The van der Waals surface area contributed by atoms with E-state index in [1.54, 1.807) is 7.11 Å². The van der Waals surface area contributed by atoms with Crippen LogP contribution in [0.15, 0.2) is 6.07 Å². The van der Waals surface area contributed by atoms with Gasteiger partial charge in [0.05, 0.1) is 13.7 Å². The van der Waals surface area contributed by atoms with Crippen LogP contribution in [0, 0.1) is 26.7 Å². The van der Waals surface area contributed by atoms with E-state index < -0.39 is 0 Å². The summed E-state index contributed by atoms with van der Waals surface area (Å²) in [6.45, 7) is 11.5. The first-order valence-corrected chi connectivity index (χ1v) is 6.90. The van der Waals surface area contributed by atoms with Gasteiger partial charge in [0.25, 0.3) is 0 Å². The van der Waals surface area contributed by atoms with Gasteiger partial charge in [-0.05, 0) is 55.0 Å². The number of aliphatic hydroxyl groups is 1. The van der Waals surface area contributed by atoms with Crippen molar-refractivity contribution in [1.82, 2.24) is 5.32 Å². The lowest BCUT2D eigenvalue weighted by atomic mass is 9.96. The van der Waals surface area contributed by atoms with Gasteiger partial charge in [-0.3, -0.25) is 0 Å². The smallest absolute Gasteiger partial charge is 0.122 e. The highest BCUT2D eigenvalue weighted by atomic mass is 16.5. The highest BCUT2D eigenvalue weighted by molar-refractivity contribution is 5.48. The molecular weight excluding hydrogens is 238 g/mol. The topological polar surface area (TPSA) is 41.5 Å². The fourth-order valence-corrected chi connectivity index (χ4v) is 2.33. The molecule has 1 atom stereocenters. The quantitative estimate of drug-likeness (QED) is 0.831. The number of benzene rings is 1. The summed E-state index contributed by atoms with van der Waals surface area (Å²) in [6.07, 6.45) is 0. The van der Waals surface area contributed by atoms with Crippen molar-refractivity contribution in [3.8, 4) is 5.75 Å². The third kappa shape index (κ3) is 3.71. The van der Waals surface area contributed by atoms with Gasteiger partial charge in [-0.15, -0.1) is 0 Å². The largest absolute Gasteiger partial charge is 0.496 e. The summed E-state index contributed by atoms with van der Waals surface area (Å²) in [5.74, 6) is 1.37. The van der Waals surface area contributed by atoms with Crippen LogP contribution in [-0.4, -0.2) is 24.9 Å². The van der Waals surface area contributed by atoms with Crippen LogP contribution in [-0.2, 0) is 6.54 Å². The molecule has 0 bridgehead atoms. The fraction of sp³-hybridized carbons (Fsp3) is 0.625. The van der Waals surface area contributed by atoms with Crippen molar-refractivity contribution >= 4 is 0 Å². The lowest BCUT2D eigenvalue weighted by Crippen LogP contribution is -2.36. The Kier molecular flexibility index (Phi) is 5.83. The first-order chi connectivity index (χ1) is 8.92. The van der Waals surface area contributed by atoms with E-state index in [1.807, 2.05) is 0 Å². The van der Waals surface area contributed by atoms with Crippen molar-refractivity contribution in [2.75, 3.05) is 13.7 Å². The number of nitrogens with one attached hydrogen (secondary N) is 1. The van der Waals surface area contributed by atoms with Gasteiger partial charge < -0.3 is 15.2 Å². The van der Waals surface area contributed by atoms with Crippen LogP contribution < -0.4 is 10.1 Å². The number of aryl methyl sites for hydroxylation is 1. The van der Waals surface area contributed by atoms with Crippen molar-refractivity contribution in [2.45, 2.75) is 47.2 Å². The van der Waals surface area contributed by atoms with E-state index in [9.17, 15) is 5.11 Å². The standard InChI is InChI=1S/C16H27NO2/c1-10(2)15(9-18)17-8-14-11(3)7-16(19-6)13(5)12(14)4/h7,10,15,17-18H,8-9H2,1-6H3. The Balaban J connectivity index is 2.93. The molecule has 0 aliphatic rings. The van der Waals surface area contributed by atoms with Gasteiger partial charge in [-0.25, -0.2) is 0 Å². The molecule has 0 saturated carbocycles. The molecular formula is C16H27NO2. The van der Waals surface area contributed by atoms with Gasteiger partial charge in [0.15, 0.2) is 0 Å². The Bertz CT molecular complexity index is 427. The minimum absolute atomic E-state index is 0.140. The van der Waals surface area contributed by atoms with Crippen LogP contribution in [0.3, 0.4) is 0 Å². The molecule has 0 saturated heterocycles. The summed E-state index contributed by atoms with van der Waals surface area (Å²) in [7, 11) is 1.71. The minimum atomic E-state index is 0.140. The molecule has 0 aliphatic heterocycles. The van der Waals surface area contributed by atoms with Crippen LogP contribution in [0.4, 0.5) is 0 Å². The molecule has 0 radical (unpaired) electrons. The van der Waals surface area contributed by atoms with Crippen molar-refractivity contribution in [3.63, 3.8) is 0 Å². The summed E-state index contributed by atoms with van der Waals surface area (Å²) < 4.78 is 5.39. The predicted molar refractivity (Wildman–Crippen MR) is 79.8 cm³/mol. The molecule has 0 fully saturated rings. The Morgan fingerprint density at radius 1 is 1.21 bits per heavy atom. The van der Waals surface area contributed by atoms with E-state index in [0.717, 1.165) is 12.3 Å². The molecule has 19 heavy (non-hydrogen) atoms. The van der Waals surface area contributed by atoms with E-state index in [2.05, 4.69) is 46.0 Å². The summed E-state index contributed by atoms with van der Waals surface area (Å²) in [5.41, 5.74) is 4.99. The number of methoxy groups -OCH3 is 1. The third-order valence-electron chi connectivity index (χ3n) is 3.97. The maximum atomic E-state index is 9.37. The first kappa shape index (κ1) is 16.0. The van der Waals surface area contributed by atoms with Crippen molar-refractivity contribution in [1.29, 1.82) is 0 Å². The molecule has 108 valence electrons. The average molecular weight is 265 g/mol. The molecule has 1 aromatic carbocycles. The first-order valence-electron chi connectivity index (χ1n) is 6.90. The molecule has 1 rings (SSSR count). The van der Waals surface area contributed by atoms with Crippen molar-refractivity contribution in [3.05, 3.63) is 28.3 Å². The zero-order valence-corrected chi connectivity index (χ0v) is 13.0. The second kappa shape index (κ2) is 6.92. The number of ether oxygens (including phenoxy) is 1. The lowest BCUT2D eigenvalue weighted by molar-refractivity contribution is 0.210.